The molecule has 3 aromatic rings. The summed E-state index contributed by atoms with van der Waals surface area (Å²) in [5.74, 6) is -0.921. The van der Waals surface area contributed by atoms with Crippen LogP contribution in [0, 0.1) is 0 Å². The first kappa shape index (κ1) is 19.8. The van der Waals surface area contributed by atoms with E-state index >= 15 is 0 Å². The molecule has 0 amide bonds. The quantitative estimate of drug-likeness (QED) is 0.582. The van der Waals surface area contributed by atoms with Gasteiger partial charge in [-0.1, -0.05) is 55.8 Å². The topological polar surface area (TPSA) is 64.4 Å². The normalized spacial score (nSPS) is 10.9. The fraction of sp³-hybridized carbons (Fsp3) is 0.304. The molecule has 2 aromatic carbocycles. The van der Waals surface area contributed by atoms with Gasteiger partial charge in [-0.05, 0) is 41.7 Å². The summed E-state index contributed by atoms with van der Waals surface area (Å²) in [6.07, 6.45) is 3.18. The molecule has 0 bridgehead atoms. The summed E-state index contributed by atoms with van der Waals surface area (Å²) in [5, 5.41) is 14.3. The Morgan fingerprint density at radius 1 is 1.11 bits per heavy atom. The van der Waals surface area contributed by atoms with Crippen molar-refractivity contribution in [1.82, 2.24) is 9.78 Å². The van der Waals surface area contributed by atoms with Crippen LogP contribution in [-0.4, -0.2) is 28.0 Å². The summed E-state index contributed by atoms with van der Waals surface area (Å²) in [5.41, 5.74) is 5.09. The minimum Gasteiger partial charge on any atom is -0.478 e. The largest absolute Gasteiger partial charge is 0.478 e. The summed E-state index contributed by atoms with van der Waals surface area (Å²) in [6.45, 7) is 3.25. The third-order valence-corrected chi connectivity index (χ3v) is 4.78. The first-order valence-corrected chi connectivity index (χ1v) is 9.59. The first-order valence-electron chi connectivity index (χ1n) is 9.59. The lowest BCUT2D eigenvalue weighted by molar-refractivity contribution is 0.0697. The van der Waals surface area contributed by atoms with Gasteiger partial charge in [0.2, 0.25) is 0 Å². The van der Waals surface area contributed by atoms with Crippen LogP contribution in [0.15, 0.2) is 54.6 Å². The predicted octanol–water partition coefficient (Wildman–Crippen LogP) is 4.79. The van der Waals surface area contributed by atoms with Crippen LogP contribution in [0.4, 0.5) is 0 Å². The van der Waals surface area contributed by atoms with E-state index in [1.807, 2.05) is 41.1 Å². The van der Waals surface area contributed by atoms with E-state index in [0.717, 1.165) is 41.6 Å². The highest BCUT2D eigenvalue weighted by Crippen LogP contribution is 2.28. The van der Waals surface area contributed by atoms with Crippen molar-refractivity contribution >= 4 is 5.97 Å². The average Bonchev–Trinajstić information content (AvgIpc) is 3.08. The molecule has 0 aliphatic heterocycles. The molecule has 146 valence electrons. The summed E-state index contributed by atoms with van der Waals surface area (Å²) in [7, 11) is 1.67. The Labute approximate surface area is 165 Å². The average molecular weight is 378 g/mol. The number of ether oxygens (including phenoxy) is 1. The monoisotopic (exact) mass is 378 g/mol. The van der Waals surface area contributed by atoms with Crippen LogP contribution >= 0.6 is 0 Å². The fourth-order valence-corrected chi connectivity index (χ4v) is 3.42. The lowest BCUT2D eigenvalue weighted by Gasteiger charge is -2.14. The van der Waals surface area contributed by atoms with E-state index in [-0.39, 0.29) is 0 Å². The van der Waals surface area contributed by atoms with Crippen molar-refractivity contribution in [2.75, 3.05) is 7.11 Å². The van der Waals surface area contributed by atoms with Gasteiger partial charge in [0.25, 0.3) is 0 Å². The fourth-order valence-electron chi connectivity index (χ4n) is 3.42. The van der Waals surface area contributed by atoms with Gasteiger partial charge < -0.3 is 9.84 Å². The number of hydrogen-bond acceptors (Lipinski definition) is 3. The molecule has 0 aliphatic rings. The molecule has 0 radical (unpaired) electrons. The van der Waals surface area contributed by atoms with Crippen molar-refractivity contribution < 1.29 is 14.6 Å². The number of aryl methyl sites for hydroxylation is 1. The van der Waals surface area contributed by atoms with Crippen LogP contribution < -0.4 is 0 Å². The molecule has 0 saturated carbocycles. The second kappa shape index (κ2) is 9.33. The number of carbonyl (C=O) groups is 1. The number of methoxy groups -OCH3 is 1. The standard InChI is InChI=1S/C23H26N2O3/c1-3-4-10-19-14-18(16-28-2)24-25(19)15-17-9-5-6-11-20(17)21-12-7-8-13-22(21)23(26)27/h5-9,11-14H,3-4,10,15-16H2,1-2H3,(H,26,27). The molecule has 28 heavy (non-hydrogen) atoms. The molecule has 1 heterocycles. The van der Waals surface area contributed by atoms with Gasteiger partial charge in [0.1, 0.15) is 0 Å². The van der Waals surface area contributed by atoms with Crippen LogP contribution in [0.25, 0.3) is 11.1 Å². The maximum atomic E-state index is 11.7. The Hall–Kier alpha value is -2.92. The van der Waals surface area contributed by atoms with E-state index in [2.05, 4.69) is 13.0 Å². The lowest BCUT2D eigenvalue weighted by atomic mass is 9.95. The molecule has 0 unspecified atom stereocenters. The zero-order chi connectivity index (χ0) is 19.9. The smallest absolute Gasteiger partial charge is 0.336 e. The number of benzene rings is 2. The maximum absolute atomic E-state index is 11.7. The van der Waals surface area contributed by atoms with E-state index in [4.69, 9.17) is 9.84 Å². The van der Waals surface area contributed by atoms with Gasteiger partial charge in [-0.25, -0.2) is 4.79 Å². The van der Waals surface area contributed by atoms with Crippen molar-refractivity contribution in [2.24, 2.45) is 0 Å². The Morgan fingerprint density at radius 2 is 1.82 bits per heavy atom. The number of aromatic nitrogens is 2. The summed E-state index contributed by atoms with van der Waals surface area (Å²) in [6, 6.07) is 17.2. The SMILES string of the molecule is CCCCc1cc(COC)nn1Cc1ccccc1-c1ccccc1C(=O)O. The molecule has 1 aromatic heterocycles. The Morgan fingerprint density at radius 3 is 2.54 bits per heavy atom. The van der Waals surface area contributed by atoms with Crippen molar-refractivity contribution in [2.45, 2.75) is 39.3 Å². The van der Waals surface area contributed by atoms with E-state index < -0.39 is 5.97 Å². The van der Waals surface area contributed by atoms with Crippen LogP contribution in [0.1, 0.15) is 47.1 Å². The minimum atomic E-state index is -0.921. The van der Waals surface area contributed by atoms with E-state index in [1.54, 1.807) is 19.2 Å². The maximum Gasteiger partial charge on any atom is 0.336 e. The van der Waals surface area contributed by atoms with Gasteiger partial charge >= 0.3 is 5.97 Å². The molecule has 0 saturated heterocycles. The molecule has 1 N–H and O–H groups in total. The zero-order valence-corrected chi connectivity index (χ0v) is 16.4. The van der Waals surface area contributed by atoms with Gasteiger partial charge in [0.05, 0.1) is 24.4 Å². The highest BCUT2D eigenvalue weighted by molar-refractivity contribution is 5.96. The lowest BCUT2D eigenvalue weighted by Crippen LogP contribution is -2.09. The van der Waals surface area contributed by atoms with Gasteiger partial charge in [-0.3, -0.25) is 4.68 Å². The number of nitrogens with zero attached hydrogens (tertiary/aromatic N) is 2. The molecule has 3 rings (SSSR count). The number of aromatic carboxylic acids is 1. The summed E-state index contributed by atoms with van der Waals surface area (Å²) in [4.78, 5) is 11.7. The van der Waals surface area contributed by atoms with Crippen LogP contribution in [0.3, 0.4) is 0 Å². The Kier molecular flexibility index (Phi) is 6.61. The Bertz CT molecular complexity index is 947. The number of carboxylic acids is 1. The van der Waals surface area contributed by atoms with Crippen LogP contribution in [-0.2, 0) is 24.3 Å². The molecule has 5 nitrogen and oxygen atoms in total. The van der Waals surface area contributed by atoms with Gasteiger partial charge in [0.15, 0.2) is 0 Å². The van der Waals surface area contributed by atoms with Crippen molar-refractivity contribution in [3.8, 4) is 11.1 Å². The second-order valence-electron chi connectivity index (χ2n) is 6.83. The molecule has 0 aliphatic carbocycles. The molecule has 0 spiro atoms. The van der Waals surface area contributed by atoms with Crippen LogP contribution in [0.2, 0.25) is 0 Å². The highest BCUT2D eigenvalue weighted by Gasteiger charge is 2.15. The van der Waals surface area contributed by atoms with E-state index in [1.165, 1.54) is 5.69 Å². The van der Waals surface area contributed by atoms with Gasteiger partial charge in [-0.15, -0.1) is 0 Å². The molecule has 5 heteroatoms. The number of unbranched alkanes of at least 4 members (excludes halogenated alkanes) is 1. The Balaban J connectivity index is 2.00. The minimum absolute atomic E-state index is 0.307. The van der Waals surface area contributed by atoms with Gasteiger partial charge in [0, 0.05) is 12.8 Å². The van der Waals surface area contributed by atoms with Gasteiger partial charge in [-0.2, -0.15) is 5.10 Å². The van der Waals surface area contributed by atoms with Crippen LogP contribution in [0.5, 0.6) is 0 Å². The zero-order valence-electron chi connectivity index (χ0n) is 16.4. The first-order chi connectivity index (χ1) is 13.6. The summed E-state index contributed by atoms with van der Waals surface area (Å²) < 4.78 is 7.26. The number of rotatable bonds is 9. The molecular weight excluding hydrogens is 352 g/mol. The predicted molar refractivity (Wildman–Crippen MR) is 109 cm³/mol. The summed E-state index contributed by atoms with van der Waals surface area (Å²) >= 11 is 0. The molecular formula is C23H26N2O3. The van der Waals surface area contributed by atoms with Crippen molar-refractivity contribution in [1.29, 1.82) is 0 Å². The van der Waals surface area contributed by atoms with Crippen molar-refractivity contribution in [3.05, 3.63) is 77.1 Å². The molecule has 0 fully saturated rings. The second-order valence-corrected chi connectivity index (χ2v) is 6.83. The van der Waals surface area contributed by atoms with E-state index in [0.29, 0.717) is 18.7 Å². The third-order valence-electron chi connectivity index (χ3n) is 4.78. The molecule has 0 atom stereocenters. The highest BCUT2D eigenvalue weighted by atomic mass is 16.5. The number of carboxylic acid groups (broad SMARTS) is 1. The third kappa shape index (κ3) is 4.49. The van der Waals surface area contributed by atoms with E-state index in [9.17, 15) is 9.90 Å². The van der Waals surface area contributed by atoms with Crippen molar-refractivity contribution in [3.63, 3.8) is 0 Å². The number of hydrogen-bond donors (Lipinski definition) is 1.